The number of para-hydroxylation sites is 2. The van der Waals surface area contributed by atoms with Gasteiger partial charge in [0.1, 0.15) is 0 Å². The second-order valence-corrected chi connectivity index (χ2v) is 8.81. The summed E-state index contributed by atoms with van der Waals surface area (Å²) >= 11 is 0. The SMILES string of the molecule is CN1CCC(N(C)CCCN2c3ccccc3CCc3ccccc32)C(C(=O)O)C1. The second kappa shape index (κ2) is 9.19. The zero-order valence-corrected chi connectivity index (χ0v) is 18.1. The van der Waals surface area contributed by atoms with Crippen molar-refractivity contribution in [3.05, 3.63) is 59.7 Å². The monoisotopic (exact) mass is 407 g/mol. The summed E-state index contributed by atoms with van der Waals surface area (Å²) in [5.41, 5.74) is 5.44. The van der Waals surface area contributed by atoms with Gasteiger partial charge in [0.15, 0.2) is 0 Å². The van der Waals surface area contributed by atoms with Gasteiger partial charge in [-0.2, -0.15) is 0 Å². The Bertz CT molecular complexity index is 837. The number of nitrogens with zero attached hydrogens (tertiary/aromatic N) is 3. The summed E-state index contributed by atoms with van der Waals surface area (Å²) in [5.74, 6) is -0.984. The highest BCUT2D eigenvalue weighted by molar-refractivity contribution is 5.72. The lowest BCUT2D eigenvalue weighted by atomic mass is 9.91. The Morgan fingerprint density at radius 3 is 2.27 bits per heavy atom. The highest BCUT2D eigenvalue weighted by Gasteiger charge is 2.35. The van der Waals surface area contributed by atoms with Gasteiger partial charge in [0.2, 0.25) is 0 Å². The standard InChI is InChI=1S/C25H33N3O2/c1-26-17-14-24(21(18-26)25(29)30)27(2)15-7-16-28-22-10-5-3-8-19(22)12-13-20-9-4-6-11-23(20)28/h3-6,8-11,21,24H,7,12-18H2,1-2H3,(H,29,30). The molecule has 0 saturated carbocycles. The maximum atomic E-state index is 11.8. The van der Waals surface area contributed by atoms with Gasteiger partial charge in [-0.05, 0) is 76.1 Å². The quantitative estimate of drug-likeness (QED) is 0.792. The van der Waals surface area contributed by atoms with Crippen molar-refractivity contribution in [1.29, 1.82) is 0 Å². The summed E-state index contributed by atoms with van der Waals surface area (Å²) in [6.07, 6.45) is 4.05. The molecule has 160 valence electrons. The molecule has 1 N–H and O–H groups in total. The summed E-state index contributed by atoms with van der Waals surface area (Å²) in [5, 5.41) is 9.69. The van der Waals surface area contributed by atoms with Gasteiger partial charge in [-0.1, -0.05) is 36.4 Å². The first-order chi connectivity index (χ1) is 14.5. The van der Waals surface area contributed by atoms with Gasteiger partial charge < -0.3 is 19.8 Å². The number of likely N-dealkylation sites (tertiary alicyclic amines) is 1. The van der Waals surface area contributed by atoms with E-state index in [4.69, 9.17) is 0 Å². The number of rotatable bonds is 6. The summed E-state index contributed by atoms with van der Waals surface area (Å²) in [4.78, 5) is 18.7. The van der Waals surface area contributed by atoms with Crippen molar-refractivity contribution in [2.75, 3.05) is 45.2 Å². The number of carboxylic acids is 1. The Morgan fingerprint density at radius 1 is 1.07 bits per heavy atom. The van der Waals surface area contributed by atoms with E-state index in [2.05, 4.69) is 70.3 Å². The van der Waals surface area contributed by atoms with E-state index in [1.807, 2.05) is 7.05 Å². The van der Waals surface area contributed by atoms with Crippen LogP contribution < -0.4 is 4.90 Å². The van der Waals surface area contributed by atoms with E-state index in [9.17, 15) is 9.90 Å². The van der Waals surface area contributed by atoms with Crippen LogP contribution in [0, 0.1) is 5.92 Å². The number of piperidine rings is 1. The number of hydrogen-bond donors (Lipinski definition) is 1. The Hall–Kier alpha value is -2.37. The van der Waals surface area contributed by atoms with Gasteiger partial charge in [-0.25, -0.2) is 0 Å². The minimum absolute atomic E-state index is 0.113. The van der Waals surface area contributed by atoms with Crippen molar-refractivity contribution in [2.45, 2.75) is 31.7 Å². The van der Waals surface area contributed by atoms with Crippen LogP contribution in [-0.2, 0) is 17.6 Å². The molecule has 2 unspecified atom stereocenters. The molecule has 30 heavy (non-hydrogen) atoms. The number of anilines is 2. The Morgan fingerprint density at radius 2 is 1.67 bits per heavy atom. The number of hydrogen-bond acceptors (Lipinski definition) is 4. The lowest BCUT2D eigenvalue weighted by Gasteiger charge is -2.39. The zero-order valence-electron chi connectivity index (χ0n) is 18.1. The van der Waals surface area contributed by atoms with Crippen LogP contribution in [0.3, 0.4) is 0 Å². The molecule has 0 radical (unpaired) electrons. The number of fused-ring (bicyclic) bond motifs is 2. The highest BCUT2D eigenvalue weighted by Crippen LogP contribution is 2.36. The van der Waals surface area contributed by atoms with Crippen LogP contribution >= 0.6 is 0 Å². The van der Waals surface area contributed by atoms with Crippen molar-refractivity contribution in [1.82, 2.24) is 9.80 Å². The number of carbonyl (C=O) groups is 1. The van der Waals surface area contributed by atoms with Gasteiger partial charge in [0, 0.05) is 30.5 Å². The van der Waals surface area contributed by atoms with Crippen molar-refractivity contribution in [3.8, 4) is 0 Å². The summed E-state index contributed by atoms with van der Waals surface area (Å²) in [7, 11) is 4.11. The van der Waals surface area contributed by atoms with Crippen molar-refractivity contribution in [2.24, 2.45) is 5.92 Å². The molecule has 2 aromatic carbocycles. The average molecular weight is 408 g/mol. The van der Waals surface area contributed by atoms with Gasteiger partial charge in [0.25, 0.3) is 0 Å². The summed E-state index contributed by atoms with van der Waals surface area (Å²) in [6, 6.07) is 17.6. The minimum Gasteiger partial charge on any atom is -0.481 e. The van der Waals surface area contributed by atoms with Crippen LogP contribution in [0.5, 0.6) is 0 Å². The molecule has 1 saturated heterocycles. The van der Waals surface area contributed by atoms with Crippen LogP contribution in [-0.4, -0.2) is 67.2 Å². The average Bonchev–Trinajstić information content (AvgIpc) is 2.91. The minimum atomic E-state index is -0.672. The molecule has 0 spiro atoms. The number of benzene rings is 2. The van der Waals surface area contributed by atoms with Crippen molar-refractivity contribution in [3.63, 3.8) is 0 Å². The van der Waals surface area contributed by atoms with Gasteiger partial charge in [-0.15, -0.1) is 0 Å². The third-order valence-electron chi connectivity index (χ3n) is 6.78. The van der Waals surface area contributed by atoms with E-state index in [0.29, 0.717) is 6.54 Å². The van der Waals surface area contributed by atoms with E-state index < -0.39 is 5.97 Å². The molecule has 4 rings (SSSR count). The maximum Gasteiger partial charge on any atom is 0.309 e. The topological polar surface area (TPSA) is 47.0 Å². The molecule has 2 aromatic rings. The molecule has 0 aromatic heterocycles. The predicted molar refractivity (Wildman–Crippen MR) is 122 cm³/mol. The fourth-order valence-corrected chi connectivity index (χ4v) is 5.13. The number of carboxylic acid groups (broad SMARTS) is 1. The first-order valence-corrected chi connectivity index (χ1v) is 11.1. The first kappa shape index (κ1) is 20.9. The summed E-state index contributed by atoms with van der Waals surface area (Å²) < 4.78 is 0. The van der Waals surface area contributed by atoms with Gasteiger partial charge in [-0.3, -0.25) is 4.79 Å². The van der Waals surface area contributed by atoms with E-state index in [1.165, 1.54) is 22.5 Å². The predicted octanol–water partition coefficient (Wildman–Crippen LogP) is 3.65. The fraction of sp³-hybridized carbons (Fsp3) is 0.480. The molecule has 1 fully saturated rings. The molecule has 5 heteroatoms. The maximum absolute atomic E-state index is 11.8. The molecule has 2 aliphatic rings. The van der Waals surface area contributed by atoms with E-state index in [1.54, 1.807) is 0 Å². The van der Waals surface area contributed by atoms with Crippen molar-refractivity contribution < 1.29 is 9.90 Å². The molecule has 0 aliphatic carbocycles. The third kappa shape index (κ3) is 4.37. The number of aryl methyl sites for hydroxylation is 2. The number of aliphatic carboxylic acids is 1. The molecular formula is C25H33N3O2. The lowest BCUT2D eigenvalue weighted by Crippen LogP contribution is -2.52. The third-order valence-corrected chi connectivity index (χ3v) is 6.78. The molecule has 0 amide bonds. The van der Waals surface area contributed by atoms with Gasteiger partial charge >= 0.3 is 5.97 Å². The van der Waals surface area contributed by atoms with Crippen LogP contribution in [0.15, 0.2) is 48.5 Å². The van der Waals surface area contributed by atoms with Crippen LogP contribution in [0.1, 0.15) is 24.0 Å². The molecule has 2 heterocycles. The molecule has 2 aliphatic heterocycles. The normalized spacial score (nSPS) is 21.8. The van der Waals surface area contributed by atoms with E-state index >= 15 is 0 Å². The second-order valence-electron chi connectivity index (χ2n) is 8.81. The largest absolute Gasteiger partial charge is 0.481 e. The highest BCUT2D eigenvalue weighted by atomic mass is 16.4. The van der Waals surface area contributed by atoms with Gasteiger partial charge in [0.05, 0.1) is 5.92 Å². The Kier molecular flexibility index (Phi) is 6.40. The van der Waals surface area contributed by atoms with Crippen LogP contribution in [0.25, 0.3) is 0 Å². The zero-order chi connectivity index (χ0) is 21.1. The molecule has 5 nitrogen and oxygen atoms in total. The molecular weight excluding hydrogens is 374 g/mol. The fourth-order valence-electron chi connectivity index (χ4n) is 5.13. The lowest BCUT2D eigenvalue weighted by molar-refractivity contribution is -0.146. The molecule has 0 bridgehead atoms. The molecule has 2 atom stereocenters. The first-order valence-electron chi connectivity index (χ1n) is 11.1. The smallest absolute Gasteiger partial charge is 0.309 e. The van der Waals surface area contributed by atoms with E-state index in [-0.39, 0.29) is 12.0 Å². The van der Waals surface area contributed by atoms with Crippen LogP contribution in [0.4, 0.5) is 11.4 Å². The van der Waals surface area contributed by atoms with Crippen LogP contribution in [0.2, 0.25) is 0 Å². The summed E-state index contributed by atoms with van der Waals surface area (Å²) in [6.45, 7) is 3.44. The Balaban J connectivity index is 1.47. The van der Waals surface area contributed by atoms with E-state index in [0.717, 1.165) is 45.3 Å². The Labute approximate surface area is 179 Å². The van der Waals surface area contributed by atoms with Crippen molar-refractivity contribution >= 4 is 17.3 Å².